The van der Waals surface area contributed by atoms with Crippen LogP contribution in [0.15, 0.2) is 69.6 Å². The number of fused-ring (bicyclic) bond motifs is 2. The number of rotatable bonds is 4. The fraction of sp³-hybridized carbons (Fsp3) is 0.0476. The molecular formula is C21H13N3O5. The van der Waals surface area contributed by atoms with Gasteiger partial charge in [-0.1, -0.05) is 30.3 Å². The third kappa shape index (κ3) is 3.44. The van der Waals surface area contributed by atoms with Crippen molar-refractivity contribution in [1.29, 1.82) is 5.26 Å². The normalized spacial score (nSPS) is 11.8. The smallest absolute Gasteiger partial charge is 0.351 e. The van der Waals surface area contributed by atoms with E-state index in [0.29, 0.717) is 22.0 Å². The molecule has 0 amide bonds. The lowest BCUT2D eigenvalue weighted by Crippen LogP contribution is -2.17. The zero-order valence-corrected chi connectivity index (χ0v) is 14.9. The molecule has 2 N–H and O–H groups in total. The molecule has 0 fully saturated rings. The van der Waals surface area contributed by atoms with Gasteiger partial charge in [0.25, 0.3) is 0 Å². The quantitative estimate of drug-likeness (QED) is 0.238. The Bertz CT molecular complexity index is 1340. The number of ether oxygens (including phenoxy) is 1. The van der Waals surface area contributed by atoms with Crippen LogP contribution in [0.1, 0.15) is 16.2 Å². The molecule has 0 saturated heterocycles. The number of hydrogen-bond acceptors (Lipinski definition) is 7. The number of carbonyl (C=O) groups is 1. The Morgan fingerprint density at radius 3 is 2.76 bits per heavy atom. The minimum absolute atomic E-state index is 0.146. The molecule has 0 atom stereocenters. The number of benzene rings is 2. The maximum Gasteiger partial charge on any atom is 0.351 e. The summed E-state index contributed by atoms with van der Waals surface area (Å²) in [5, 5.41) is 20.2. The molecule has 2 aromatic heterocycles. The standard InChI is InChI=1S/C21H13N3O5/c22-10-14(19-23-15-6-2-3-7-16(15)24-19)17(25)11-28-20(26)13-9-12-5-1-4-8-18(12)29-21(13)27/h1-9,25H,11H2,(H,23,24)/b17-14-. The van der Waals surface area contributed by atoms with Crippen LogP contribution in [0.5, 0.6) is 0 Å². The fourth-order valence-electron chi connectivity index (χ4n) is 2.81. The highest BCUT2D eigenvalue weighted by atomic mass is 16.5. The van der Waals surface area contributed by atoms with E-state index in [2.05, 4.69) is 9.97 Å². The fourth-order valence-corrected chi connectivity index (χ4v) is 2.81. The number of aliphatic hydroxyl groups excluding tert-OH is 1. The summed E-state index contributed by atoms with van der Waals surface area (Å²) in [5.41, 5.74) is 0.323. The first-order valence-corrected chi connectivity index (χ1v) is 8.54. The van der Waals surface area contributed by atoms with Crippen molar-refractivity contribution in [2.24, 2.45) is 0 Å². The Morgan fingerprint density at radius 2 is 1.97 bits per heavy atom. The second kappa shape index (κ2) is 7.32. The van der Waals surface area contributed by atoms with Crippen molar-refractivity contribution in [2.45, 2.75) is 0 Å². The van der Waals surface area contributed by atoms with Gasteiger partial charge in [-0.3, -0.25) is 0 Å². The van der Waals surface area contributed by atoms with Gasteiger partial charge >= 0.3 is 11.6 Å². The Hall–Kier alpha value is -4.38. The van der Waals surface area contributed by atoms with E-state index < -0.39 is 24.0 Å². The molecule has 0 aliphatic heterocycles. The number of H-pyrrole nitrogens is 1. The van der Waals surface area contributed by atoms with Crippen LogP contribution in [-0.2, 0) is 4.74 Å². The van der Waals surface area contributed by atoms with Gasteiger partial charge in [0.2, 0.25) is 0 Å². The summed E-state index contributed by atoms with van der Waals surface area (Å²) < 4.78 is 10.1. The van der Waals surface area contributed by atoms with Crippen molar-refractivity contribution < 1.29 is 19.1 Å². The number of aromatic amines is 1. The molecule has 0 spiro atoms. The summed E-state index contributed by atoms with van der Waals surface area (Å²) >= 11 is 0. The summed E-state index contributed by atoms with van der Waals surface area (Å²) in [6.45, 7) is -0.606. The Kier molecular flexibility index (Phi) is 4.55. The van der Waals surface area contributed by atoms with Crippen molar-refractivity contribution >= 4 is 33.5 Å². The van der Waals surface area contributed by atoms with Crippen LogP contribution in [0, 0.1) is 11.3 Å². The Balaban J connectivity index is 1.58. The van der Waals surface area contributed by atoms with Crippen molar-refractivity contribution in [1.82, 2.24) is 9.97 Å². The predicted molar refractivity (Wildman–Crippen MR) is 104 cm³/mol. The summed E-state index contributed by atoms with van der Waals surface area (Å²) in [4.78, 5) is 31.5. The third-order valence-corrected chi connectivity index (χ3v) is 4.23. The van der Waals surface area contributed by atoms with Gasteiger partial charge in [0.1, 0.15) is 29.4 Å². The molecular weight excluding hydrogens is 374 g/mol. The summed E-state index contributed by atoms with van der Waals surface area (Å²) in [6.07, 6.45) is 0. The average molecular weight is 387 g/mol. The highest BCUT2D eigenvalue weighted by Gasteiger charge is 2.18. The molecule has 4 rings (SSSR count). The van der Waals surface area contributed by atoms with Crippen LogP contribution >= 0.6 is 0 Å². The van der Waals surface area contributed by atoms with Crippen molar-refractivity contribution in [3.63, 3.8) is 0 Å². The first kappa shape index (κ1) is 18.0. The molecule has 142 valence electrons. The van der Waals surface area contributed by atoms with Gasteiger partial charge in [-0.15, -0.1) is 0 Å². The van der Waals surface area contributed by atoms with Gasteiger partial charge in [0.05, 0.1) is 11.0 Å². The molecule has 2 aromatic carbocycles. The molecule has 29 heavy (non-hydrogen) atoms. The zero-order chi connectivity index (χ0) is 20.4. The minimum atomic E-state index is -0.974. The van der Waals surface area contributed by atoms with E-state index in [0.717, 1.165) is 0 Å². The molecule has 4 aromatic rings. The Labute approximate surface area is 163 Å². The van der Waals surface area contributed by atoms with E-state index in [9.17, 15) is 20.0 Å². The molecule has 0 bridgehead atoms. The van der Waals surface area contributed by atoms with Crippen LogP contribution in [0.25, 0.3) is 27.6 Å². The van der Waals surface area contributed by atoms with Crippen LogP contribution < -0.4 is 5.63 Å². The lowest BCUT2D eigenvalue weighted by Gasteiger charge is -2.05. The first-order chi connectivity index (χ1) is 14.1. The predicted octanol–water partition coefficient (Wildman–Crippen LogP) is 3.32. The number of para-hydroxylation sites is 3. The van der Waals surface area contributed by atoms with Crippen molar-refractivity contribution in [3.05, 3.63) is 82.2 Å². The van der Waals surface area contributed by atoms with Gasteiger partial charge in [0.15, 0.2) is 11.6 Å². The monoisotopic (exact) mass is 387 g/mol. The van der Waals surface area contributed by atoms with Crippen molar-refractivity contribution in [3.8, 4) is 6.07 Å². The van der Waals surface area contributed by atoms with Crippen molar-refractivity contribution in [2.75, 3.05) is 6.61 Å². The number of aliphatic hydroxyl groups is 1. The third-order valence-electron chi connectivity index (χ3n) is 4.23. The maximum atomic E-state index is 12.3. The lowest BCUT2D eigenvalue weighted by atomic mass is 10.2. The average Bonchev–Trinajstić information content (AvgIpc) is 3.15. The number of imidazole rings is 1. The number of carbonyl (C=O) groups excluding carboxylic acids is 1. The van der Waals surface area contributed by atoms with Crippen LogP contribution in [0.4, 0.5) is 0 Å². The number of esters is 1. The molecule has 8 heteroatoms. The van der Waals surface area contributed by atoms with E-state index in [4.69, 9.17) is 9.15 Å². The SMILES string of the molecule is N#C/C(=C(/O)COC(=O)c1cc2ccccc2oc1=O)c1nc2ccccc2[nH]1. The van der Waals surface area contributed by atoms with Crippen LogP contribution in [0.2, 0.25) is 0 Å². The summed E-state index contributed by atoms with van der Waals surface area (Å²) in [5.74, 6) is -1.32. The second-order valence-corrected chi connectivity index (χ2v) is 6.10. The van der Waals surface area contributed by atoms with Crippen LogP contribution in [-0.4, -0.2) is 27.7 Å². The summed E-state index contributed by atoms with van der Waals surface area (Å²) in [7, 11) is 0. The van der Waals surface area contributed by atoms with E-state index in [1.54, 1.807) is 48.5 Å². The van der Waals surface area contributed by atoms with Gasteiger partial charge in [-0.05, 0) is 24.3 Å². The molecule has 0 aliphatic rings. The van der Waals surface area contributed by atoms with Gasteiger partial charge in [0, 0.05) is 5.39 Å². The molecule has 2 heterocycles. The summed E-state index contributed by atoms with van der Waals surface area (Å²) in [6, 6.07) is 17.0. The second-order valence-electron chi connectivity index (χ2n) is 6.10. The minimum Gasteiger partial charge on any atom is -0.507 e. The molecule has 0 radical (unpaired) electrons. The van der Waals surface area contributed by atoms with Crippen LogP contribution in [0.3, 0.4) is 0 Å². The molecule has 0 saturated carbocycles. The van der Waals surface area contributed by atoms with E-state index in [-0.39, 0.29) is 17.0 Å². The van der Waals surface area contributed by atoms with Gasteiger partial charge < -0.3 is 19.2 Å². The number of hydrogen-bond donors (Lipinski definition) is 2. The molecule has 0 unspecified atom stereocenters. The number of nitrogens with one attached hydrogen (secondary N) is 1. The topological polar surface area (TPSA) is 129 Å². The molecule has 8 nitrogen and oxygen atoms in total. The van der Waals surface area contributed by atoms with E-state index >= 15 is 0 Å². The maximum absolute atomic E-state index is 12.3. The highest BCUT2D eigenvalue weighted by Crippen LogP contribution is 2.19. The number of allylic oxidation sites excluding steroid dienone is 1. The van der Waals surface area contributed by atoms with E-state index in [1.807, 2.05) is 6.07 Å². The number of nitrogens with zero attached hydrogens (tertiary/aromatic N) is 2. The Morgan fingerprint density at radius 1 is 1.21 bits per heavy atom. The first-order valence-electron chi connectivity index (χ1n) is 8.54. The largest absolute Gasteiger partial charge is 0.507 e. The zero-order valence-electron chi connectivity index (χ0n) is 14.9. The lowest BCUT2D eigenvalue weighted by molar-refractivity contribution is 0.0498. The number of nitriles is 1. The van der Waals surface area contributed by atoms with E-state index in [1.165, 1.54) is 6.07 Å². The number of aromatic nitrogens is 2. The van der Waals surface area contributed by atoms with Gasteiger partial charge in [-0.25, -0.2) is 14.6 Å². The molecule has 0 aliphatic carbocycles. The van der Waals surface area contributed by atoms with Gasteiger partial charge in [-0.2, -0.15) is 5.26 Å². The highest BCUT2D eigenvalue weighted by molar-refractivity contribution is 5.93.